The molecule has 120 valence electrons. The van der Waals surface area contributed by atoms with Crippen LogP contribution in [0.1, 0.15) is 58.4 Å². The zero-order valence-corrected chi connectivity index (χ0v) is 14.0. The molecule has 0 aromatic heterocycles. The van der Waals surface area contributed by atoms with Gasteiger partial charge in [-0.3, -0.25) is 0 Å². The van der Waals surface area contributed by atoms with Gasteiger partial charge in [-0.2, -0.15) is 0 Å². The molecule has 1 aromatic carbocycles. The minimum Gasteiger partial charge on any atom is -0.459 e. The number of hydrogen-bond acceptors (Lipinski definition) is 2. The van der Waals surface area contributed by atoms with Crippen molar-refractivity contribution in [3.8, 4) is 0 Å². The Labute approximate surface area is 134 Å². The Bertz CT molecular complexity index is 502. The zero-order chi connectivity index (χ0) is 16.0. The van der Waals surface area contributed by atoms with E-state index in [0.717, 1.165) is 18.4 Å². The summed E-state index contributed by atoms with van der Waals surface area (Å²) in [5.41, 5.74) is 1.41. The first kappa shape index (κ1) is 16.8. The third-order valence-corrected chi connectivity index (χ3v) is 4.98. The van der Waals surface area contributed by atoms with Gasteiger partial charge in [-0.15, -0.1) is 0 Å². The number of ether oxygens (including phenoxy) is 1. The van der Waals surface area contributed by atoms with Crippen molar-refractivity contribution >= 4 is 12.0 Å². The second-order valence-corrected chi connectivity index (χ2v) is 7.02. The van der Waals surface area contributed by atoms with Crippen molar-refractivity contribution in [2.75, 3.05) is 0 Å². The number of esters is 1. The molecule has 0 N–H and O–H groups in total. The van der Waals surface area contributed by atoms with Gasteiger partial charge in [0, 0.05) is 6.08 Å². The predicted octanol–water partition coefficient (Wildman–Crippen LogP) is 5.24. The molecule has 1 aliphatic rings. The molecule has 0 heterocycles. The zero-order valence-electron chi connectivity index (χ0n) is 14.0. The van der Waals surface area contributed by atoms with E-state index in [9.17, 15) is 4.79 Å². The van der Waals surface area contributed by atoms with Gasteiger partial charge in [0.1, 0.15) is 6.10 Å². The first-order valence-electron chi connectivity index (χ1n) is 8.45. The fraction of sp³-hybridized carbons (Fsp3) is 0.550. The van der Waals surface area contributed by atoms with Crippen LogP contribution in [0.3, 0.4) is 0 Å². The maximum Gasteiger partial charge on any atom is 0.331 e. The molecule has 2 heteroatoms. The molecule has 1 saturated carbocycles. The minimum absolute atomic E-state index is 0.0373. The Kier molecular flexibility index (Phi) is 5.82. The van der Waals surface area contributed by atoms with Crippen LogP contribution in [-0.4, -0.2) is 12.1 Å². The highest BCUT2D eigenvalue weighted by atomic mass is 16.5. The van der Waals surface area contributed by atoms with Crippen molar-refractivity contribution in [3.63, 3.8) is 0 Å². The maximum absolute atomic E-state index is 12.0. The molecule has 2 rings (SSSR count). The van der Waals surface area contributed by atoms with Gasteiger partial charge < -0.3 is 4.74 Å². The molecule has 0 spiro atoms. The number of hydrogen-bond donors (Lipinski definition) is 0. The van der Waals surface area contributed by atoms with Crippen LogP contribution < -0.4 is 0 Å². The van der Waals surface area contributed by atoms with E-state index < -0.39 is 0 Å². The van der Waals surface area contributed by atoms with Gasteiger partial charge in [0.05, 0.1) is 0 Å². The molecule has 0 bridgehead atoms. The second-order valence-electron chi connectivity index (χ2n) is 7.02. The van der Waals surface area contributed by atoms with Crippen molar-refractivity contribution in [2.45, 2.75) is 59.0 Å². The number of benzene rings is 1. The van der Waals surface area contributed by atoms with Crippen molar-refractivity contribution in [1.29, 1.82) is 0 Å². The summed E-state index contributed by atoms with van der Waals surface area (Å²) in [5.74, 6) is 0.440. The Morgan fingerprint density at radius 2 is 2.09 bits per heavy atom. The van der Waals surface area contributed by atoms with Gasteiger partial charge in [0.2, 0.25) is 0 Å². The highest BCUT2D eigenvalue weighted by Crippen LogP contribution is 2.45. The van der Waals surface area contributed by atoms with E-state index in [1.54, 1.807) is 0 Å². The molecule has 1 fully saturated rings. The smallest absolute Gasteiger partial charge is 0.331 e. The average molecular weight is 300 g/mol. The second kappa shape index (κ2) is 7.62. The van der Waals surface area contributed by atoms with E-state index in [4.69, 9.17) is 4.74 Å². The summed E-state index contributed by atoms with van der Waals surface area (Å²) in [4.78, 5) is 12.0. The Morgan fingerprint density at radius 3 is 2.68 bits per heavy atom. The molecule has 1 aromatic rings. The predicted molar refractivity (Wildman–Crippen MR) is 91.4 cm³/mol. The fourth-order valence-corrected chi connectivity index (χ4v) is 3.38. The lowest BCUT2D eigenvalue weighted by Gasteiger charge is -2.29. The van der Waals surface area contributed by atoms with Gasteiger partial charge >= 0.3 is 5.97 Å². The number of rotatable bonds is 6. The molecule has 0 saturated heterocycles. The van der Waals surface area contributed by atoms with E-state index in [0.29, 0.717) is 11.3 Å². The quantitative estimate of drug-likeness (QED) is 0.530. The molecule has 0 radical (unpaired) electrons. The summed E-state index contributed by atoms with van der Waals surface area (Å²) < 4.78 is 5.65. The third kappa shape index (κ3) is 4.72. The molecule has 1 aliphatic carbocycles. The van der Waals surface area contributed by atoms with E-state index in [-0.39, 0.29) is 12.1 Å². The lowest BCUT2D eigenvalue weighted by Crippen LogP contribution is -2.25. The molecular weight excluding hydrogens is 272 g/mol. The molecule has 22 heavy (non-hydrogen) atoms. The van der Waals surface area contributed by atoms with Gasteiger partial charge in [-0.25, -0.2) is 4.79 Å². The van der Waals surface area contributed by atoms with Crippen molar-refractivity contribution in [2.24, 2.45) is 11.3 Å². The number of carbonyl (C=O) groups is 1. The molecule has 2 unspecified atom stereocenters. The first-order valence-corrected chi connectivity index (χ1v) is 8.45. The van der Waals surface area contributed by atoms with Crippen LogP contribution in [0, 0.1) is 11.3 Å². The monoisotopic (exact) mass is 300 g/mol. The van der Waals surface area contributed by atoms with Crippen molar-refractivity contribution < 1.29 is 9.53 Å². The molecule has 2 atom stereocenters. The van der Waals surface area contributed by atoms with Gasteiger partial charge in [-0.05, 0) is 48.7 Å². The molecular formula is C20H28O2. The van der Waals surface area contributed by atoms with Gasteiger partial charge in [-0.1, -0.05) is 57.5 Å². The average Bonchev–Trinajstić information content (AvgIpc) is 2.84. The lowest BCUT2D eigenvalue weighted by molar-refractivity contribution is -0.144. The Balaban J connectivity index is 1.87. The topological polar surface area (TPSA) is 26.3 Å². The summed E-state index contributed by atoms with van der Waals surface area (Å²) in [7, 11) is 0. The summed E-state index contributed by atoms with van der Waals surface area (Å²) >= 11 is 0. The summed E-state index contributed by atoms with van der Waals surface area (Å²) in [6, 6.07) is 9.83. The van der Waals surface area contributed by atoms with Crippen LogP contribution in [0.4, 0.5) is 0 Å². The van der Waals surface area contributed by atoms with Crippen molar-refractivity contribution in [1.82, 2.24) is 0 Å². The lowest BCUT2D eigenvalue weighted by atomic mass is 9.78. The summed E-state index contributed by atoms with van der Waals surface area (Å²) in [6.07, 6.45) is 9.13. The van der Waals surface area contributed by atoms with E-state index in [1.807, 2.05) is 36.4 Å². The maximum atomic E-state index is 12.0. The van der Waals surface area contributed by atoms with E-state index in [1.165, 1.54) is 25.3 Å². The van der Waals surface area contributed by atoms with Crippen LogP contribution in [0.2, 0.25) is 0 Å². The SMILES string of the molecule is CCC(CC1CCCC1(C)C)OC(=O)/C=C/c1ccccc1. The number of carbonyl (C=O) groups excluding carboxylic acids is 1. The first-order chi connectivity index (χ1) is 10.5. The van der Waals surface area contributed by atoms with E-state index >= 15 is 0 Å². The van der Waals surface area contributed by atoms with Crippen LogP contribution in [-0.2, 0) is 9.53 Å². The van der Waals surface area contributed by atoms with Gasteiger partial charge in [0.15, 0.2) is 0 Å². The molecule has 2 nitrogen and oxygen atoms in total. The normalized spacial score (nSPS) is 21.9. The highest BCUT2D eigenvalue weighted by Gasteiger charge is 2.36. The van der Waals surface area contributed by atoms with E-state index in [2.05, 4.69) is 20.8 Å². The highest BCUT2D eigenvalue weighted by molar-refractivity contribution is 5.87. The van der Waals surface area contributed by atoms with Crippen LogP contribution in [0.25, 0.3) is 6.08 Å². The Morgan fingerprint density at radius 1 is 1.36 bits per heavy atom. The van der Waals surface area contributed by atoms with Crippen LogP contribution >= 0.6 is 0 Å². The fourth-order valence-electron chi connectivity index (χ4n) is 3.38. The van der Waals surface area contributed by atoms with Crippen LogP contribution in [0.5, 0.6) is 0 Å². The molecule has 0 aliphatic heterocycles. The standard InChI is InChI=1S/C20H28O2/c1-4-18(15-17-11-8-14-20(17,2)3)22-19(21)13-12-16-9-6-5-7-10-16/h5-7,9-10,12-13,17-18H,4,8,11,14-15H2,1-3H3/b13-12+. The van der Waals surface area contributed by atoms with Gasteiger partial charge in [0.25, 0.3) is 0 Å². The Hall–Kier alpha value is -1.57. The van der Waals surface area contributed by atoms with Crippen LogP contribution in [0.15, 0.2) is 36.4 Å². The largest absolute Gasteiger partial charge is 0.459 e. The third-order valence-electron chi connectivity index (χ3n) is 4.98. The van der Waals surface area contributed by atoms with Crippen molar-refractivity contribution in [3.05, 3.63) is 42.0 Å². The molecule has 0 amide bonds. The minimum atomic E-state index is -0.230. The summed E-state index contributed by atoms with van der Waals surface area (Å²) in [6.45, 7) is 6.78. The summed E-state index contributed by atoms with van der Waals surface area (Å²) in [5, 5.41) is 0.